The molecule has 0 radical (unpaired) electrons. The van der Waals surface area contributed by atoms with Gasteiger partial charge in [-0.2, -0.15) is 0 Å². The van der Waals surface area contributed by atoms with Crippen molar-refractivity contribution in [2.45, 2.75) is 13.5 Å². The monoisotopic (exact) mass is 256 g/mol. The zero-order valence-electron chi connectivity index (χ0n) is 10.8. The van der Waals surface area contributed by atoms with Gasteiger partial charge in [-0.05, 0) is 18.6 Å². The van der Waals surface area contributed by atoms with Gasteiger partial charge < -0.3 is 10.1 Å². The average Bonchev–Trinajstić information content (AvgIpc) is 2.47. The first-order valence-corrected chi connectivity index (χ1v) is 6.20. The van der Waals surface area contributed by atoms with Gasteiger partial charge in [0, 0.05) is 24.4 Å². The van der Waals surface area contributed by atoms with E-state index < -0.39 is 0 Å². The number of carbonyl (C=O) groups is 1. The molecule has 0 unspecified atom stereocenters. The third-order valence-corrected chi connectivity index (χ3v) is 2.56. The Hall–Kier alpha value is -2.36. The van der Waals surface area contributed by atoms with E-state index in [2.05, 4.69) is 10.3 Å². The van der Waals surface area contributed by atoms with Crippen LogP contribution in [0.15, 0.2) is 48.7 Å². The Morgan fingerprint density at radius 1 is 1.26 bits per heavy atom. The summed E-state index contributed by atoms with van der Waals surface area (Å²) in [4.78, 5) is 15.8. The predicted molar refractivity (Wildman–Crippen MR) is 73.0 cm³/mol. The van der Waals surface area contributed by atoms with E-state index in [0.717, 1.165) is 5.56 Å². The number of aromatic nitrogens is 1. The number of nitrogens with zero attached hydrogens (tertiary/aromatic N) is 1. The lowest BCUT2D eigenvalue weighted by Gasteiger charge is -2.07. The SMILES string of the molecule is CCNC(=O)c1ccnc(OCc2ccccc2)c1. The fourth-order valence-corrected chi connectivity index (χ4v) is 1.62. The van der Waals surface area contributed by atoms with Crippen molar-refractivity contribution in [2.75, 3.05) is 6.54 Å². The highest BCUT2D eigenvalue weighted by Gasteiger charge is 2.06. The highest BCUT2D eigenvalue weighted by molar-refractivity contribution is 5.94. The summed E-state index contributed by atoms with van der Waals surface area (Å²) in [5.74, 6) is 0.335. The van der Waals surface area contributed by atoms with Gasteiger partial charge >= 0.3 is 0 Å². The Balaban J connectivity index is 2.01. The number of benzene rings is 1. The summed E-state index contributed by atoms with van der Waals surface area (Å²) in [6.45, 7) is 2.92. The fourth-order valence-electron chi connectivity index (χ4n) is 1.62. The summed E-state index contributed by atoms with van der Waals surface area (Å²) in [6.07, 6.45) is 1.57. The molecule has 0 saturated heterocycles. The van der Waals surface area contributed by atoms with Crippen LogP contribution in [0.1, 0.15) is 22.8 Å². The van der Waals surface area contributed by atoms with Crippen molar-refractivity contribution in [2.24, 2.45) is 0 Å². The van der Waals surface area contributed by atoms with Crippen LogP contribution >= 0.6 is 0 Å². The average molecular weight is 256 g/mol. The van der Waals surface area contributed by atoms with Crippen LogP contribution in [0.5, 0.6) is 5.88 Å². The highest BCUT2D eigenvalue weighted by Crippen LogP contribution is 2.11. The van der Waals surface area contributed by atoms with Crippen molar-refractivity contribution in [1.29, 1.82) is 0 Å². The molecule has 98 valence electrons. The third-order valence-electron chi connectivity index (χ3n) is 2.56. The first kappa shape index (κ1) is 13.1. The molecule has 1 heterocycles. The summed E-state index contributed by atoms with van der Waals surface area (Å²) in [6, 6.07) is 13.1. The van der Waals surface area contributed by atoms with Gasteiger partial charge in [-0.1, -0.05) is 30.3 Å². The standard InChI is InChI=1S/C15H16N2O2/c1-2-16-15(18)13-8-9-17-14(10-13)19-11-12-6-4-3-5-7-12/h3-10H,2,11H2,1H3,(H,16,18). The fraction of sp³-hybridized carbons (Fsp3) is 0.200. The van der Waals surface area contributed by atoms with Crippen LogP contribution in [0.25, 0.3) is 0 Å². The van der Waals surface area contributed by atoms with E-state index >= 15 is 0 Å². The van der Waals surface area contributed by atoms with E-state index in [-0.39, 0.29) is 5.91 Å². The molecule has 0 bridgehead atoms. The Labute approximate surface area is 112 Å². The summed E-state index contributed by atoms with van der Waals surface area (Å²) >= 11 is 0. The van der Waals surface area contributed by atoms with Crippen molar-refractivity contribution in [3.63, 3.8) is 0 Å². The molecule has 0 atom stereocenters. The molecule has 4 heteroatoms. The summed E-state index contributed by atoms with van der Waals surface area (Å²) < 4.78 is 5.57. The second-order valence-corrected chi connectivity index (χ2v) is 4.02. The van der Waals surface area contributed by atoms with Crippen molar-refractivity contribution in [1.82, 2.24) is 10.3 Å². The highest BCUT2D eigenvalue weighted by atomic mass is 16.5. The number of carbonyl (C=O) groups excluding carboxylic acids is 1. The number of rotatable bonds is 5. The third kappa shape index (κ3) is 3.81. The van der Waals surface area contributed by atoms with Gasteiger partial charge in [0.2, 0.25) is 5.88 Å². The van der Waals surface area contributed by atoms with Gasteiger partial charge in [-0.25, -0.2) is 4.98 Å². The first-order chi connectivity index (χ1) is 9.29. The topological polar surface area (TPSA) is 51.2 Å². The van der Waals surface area contributed by atoms with Gasteiger partial charge in [0.1, 0.15) is 6.61 Å². The second-order valence-electron chi connectivity index (χ2n) is 4.02. The molecule has 0 fully saturated rings. The maximum atomic E-state index is 11.7. The molecule has 2 aromatic rings. The molecule has 4 nitrogen and oxygen atoms in total. The van der Waals surface area contributed by atoms with Crippen molar-refractivity contribution in [3.8, 4) is 5.88 Å². The minimum Gasteiger partial charge on any atom is -0.473 e. The van der Waals surface area contributed by atoms with Crippen molar-refractivity contribution in [3.05, 3.63) is 59.8 Å². The molecular formula is C15H16N2O2. The number of hydrogen-bond acceptors (Lipinski definition) is 3. The van der Waals surface area contributed by atoms with Crippen LogP contribution in [0, 0.1) is 0 Å². The second kappa shape index (κ2) is 6.54. The molecule has 0 saturated carbocycles. The quantitative estimate of drug-likeness (QED) is 0.893. The maximum absolute atomic E-state index is 11.7. The Bertz CT molecular complexity index is 541. The van der Waals surface area contributed by atoms with E-state index in [1.807, 2.05) is 37.3 Å². The van der Waals surface area contributed by atoms with E-state index in [1.54, 1.807) is 18.3 Å². The van der Waals surface area contributed by atoms with Crippen LogP contribution in [-0.2, 0) is 6.61 Å². The number of hydrogen-bond donors (Lipinski definition) is 1. The molecule has 0 spiro atoms. The zero-order chi connectivity index (χ0) is 13.5. The van der Waals surface area contributed by atoms with Crippen LogP contribution in [-0.4, -0.2) is 17.4 Å². The Kier molecular flexibility index (Phi) is 4.50. The normalized spacial score (nSPS) is 9.95. The van der Waals surface area contributed by atoms with Gasteiger partial charge in [-0.15, -0.1) is 0 Å². The van der Waals surface area contributed by atoms with E-state index in [0.29, 0.717) is 24.6 Å². The number of pyridine rings is 1. The molecule has 0 aliphatic rings. The lowest BCUT2D eigenvalue weighted by Crippen LogP contribution is -2.22. The molecule has 1 aromatic heterocycles. The maximum Gasteiger partial charge on any atom is 0.251 e. The summed E-state index contributed by atoms with van der Waals surface area (Å²) in [5.41, 5.74) is 1.62. The lowest BCUT2D eigenvalue weighted by molar-refractivity contribution is 0.0955. The van der Waals surface area contributed by atoms with Gasteiger partial charge in [-0.3, -0.25) is 4.79 Å². The number of nitrogens with one attached hydrogen (secondary N) is 1. The molecule has 0 aliphatic carbocycles. The van der Waals surface area contributed by atoms with E-state index in [4.69, 9.17) is 4.74 Å². The summed E-state index contributed by atoms with van der Waals surface area (Å²) in [7, 11) is 0. The van der Waals surface area contributed by atoms with Gasteiger partial charge in [0.25, 0.3) is 5.91 Å². The van der Waals surface area contributed by atoms with E-state index in [1.165, 1.54) is 0 Å². The van der Waals surface area contributed by atoms with Gasteiger partial charge in [0.05, 0.1) is 0 Å². The van der Waals surface area contributed by atoms with Crippen molar-refractivity contribution >= 4 is 5.91 Å². The smallest absolute Gasteiger partial charge is 0.251 e. The van der Waals surface area contributed by atoms with Gasteiger partial charge in [0.15, 0.2) is 0 Å². The molecule has 19 heavy (non-hydrogen) atoms. The molecule has 0 aliphatic heterocycles. The molecule has 2 rings (SSSR count). The predicted octanol–water partition coefficient (Wildman–Crippen LogP) is 2.41. The first-order valence-electron chi connectivity index (χ1n) is 6.20. The molecule has 1 aromatic carbocycles. The van der Waals surface area contributed by atoms with E-state index in [9.17, 15) is 4.79 Å². The van der Waals surface area contributed by atoms with Crippen LogP contribution < -0.4 is 10.1 Å². The van der Waals surface area contributed by atoms with Crippen LogP contribution in [0.4, 0.5) is 0 Å². The molecule has 1 N–H and O–H groups in total. The van der Waals surface area contributed by atoms with Crippen LogP contribution in [0.3, 0.4) is 0 Å². The number of ether oxygens (including phenoxy) is 1. The Morgan fingerprint density at radius 3 is 2.79 bits per heavy atom. The zero-order valence-corrected chi connectivity index (χ0v) is 10.8. The minimum atomic E-state index is -0.116. The molecular weight excluding hydrogens is 240 g/mol. The largest absolute Gasteiger partial charge is 0.473 e. The van der Waals surface area contributed by atoms with Crippen LogP contribution in [0.2, 0.25) is 0 Å². The summed E-state index contributed by atoms with van der Waals surface area (Å²) in [5, 5.41) is 2.74. The Morgan fingerprint density at radius 2 is 2.05 bits per heavy atom. The van der Waals surface area contributed by atoms with Crippen molar-refractivity contribution < 1.29 is 9.53 Å². The lowest BCUT2D eigenvalue weighted by atomic mass is 10.2. The number of amides is 1. The minimum absolute atomic E-state index is 0.116. The molecule has 1 amide bonds.